The molecule has 0 aromatic carbocycles. The van der Waals surface area contributed by atoms with Crippen LogP contribution in [0.15, 0.2) is 12.2 Å². The number of esters is 1. The summed E-state index contributed by atoms with van der Waals surface area (Å²) in [6.45, 7) is 9.33. The quantitative estimate of drug-likeness (QED) is 0.452. The average Bonchev–Trinajstić information content (AvgIpc) is 2.16. The van der Waals surface area contributed by atoms with Crippen LogP contribution in [-0.4, -0.2) is 24.4 Å². The minimum absolute atomic E-state index is 0.105. The molecule has 4 nitrogen and oxygen atoms in total. The molecule has 0 aromatic rings. The Bertz CT molecular complexity index is 302. The SMILES string of the molecule is CCOC(=O)C(C=CC(N)C(C)(C)C)C(C)=O. The molecule has 2 N–H and O–H groups in total. The number of hydrogen-bond donors (Lipinski definition) is 1. The molecule has 17 heavy (non-hydrogen) atoms. The van der Waals surface area contributed by atoms with Crippen LogP contribution in [0.25, 0.3) is 0 Å². The molecule has 0 spiro atoms. The van der Waals surface area contributed by atoms with E-state index in [1.165, 1.54) is 13.0 Å². The molecular formula is C13H23NO3. The lowest BCUT2D eigenvalue weighted by molar-refractivity contribution is -0.149. The van der Waals surface area contributed by atoms with Gasteiger partial charge in [0.2, 0.25) is 0 Å². The number of carbonyl (C=O) groups is 2. The Hall–Kier alpha value is -1.16. The van der Waals surface area contributed by atoms with E-state index in [1.807, 2.05) is 20.8 Å². The normalized spacial score (nSPS) is 15.6. The molecule has 0 heterocycles. The van der Waals surface area contributed by atoms with Gasteiger partial charge in [0.1, 0.15) is 11.7 Å². The van der Waals surface area contributed by atoms with Crippen molar-refractivity contribution in [2.75, 3.05) is 6.61 Å². The molecule has 0 bridgehead atoms. The van der Waals surface area contributed by atoms with Crippen molar-refractivity contribution >= 4 is 11.8 Å². The zero-order valence-corrected chi connectivity index (χ0v) is 11.3. The van der Waals surface area contributed by atoms with Gasteiger partial charge in [-0.1, -0.05) is 32.9 Å². The predicted molar refractivity (Wildman–Crippen MR) is 67.4 cm³/mol. The van der Waals surface area contributed by atoms with Gasteiger partial charge in [0.15, 0.2) is 0 Å². The molecule has 4 heteroatoms. The molecule has 0 aromatic heterocycles. The van der Waals surface area contributed by atoms with E-state index in [9.17, 15) is 9.59 Å². The molecule has 2 unspecified atom stereocenters. The fraction of sp³-hybridized carbons (Fsp3) is 0.692. The van der Waals surface area contributed by atoms with E-state index < -0.39 is 11.9 Å². The van der Waals surface area contributed by atoms with Gasteiger partial charge in [-0.2, -0.15) is 0 Å². The van der Waals surface area contributed by atoms with Crippen molar-refractivity contribution in [3.05, 3.63) is 12.2 Å². The molecule has 0 saturated carbocycles. The van der Waals surface area contributed by atoms with Gasteiger partial charge >= 0.3 is 5.97 Å². The van der Waals surface area contributed by atoms with E-state index in [4.69, 9.17) is 10.5 Å². The summed E-state index contributed by atoms with van der Waals surface area (Å²) >= 11 is 0. The van der Waals surface area contributed by atoms with Crippen molar-refractivity contribution in [3.8, 4) is 0 Å². The molecular weight excluding hydrogens is 218 g/mol. The number of rotatable bonds is 5. The van der Waals surface area contributed by atoms with Crippen LogP contribution in [-0.2, 0) is 14.3 Å². The number of nitrogens with two attached hydrogens (primary N) is 1. The topological polar surface area (TPSA) is 69.4 Å². The summed E-state index contributed by atoms with van der Waals surface area (Å²) in [5.41, 5.74) is 5.82. The second kappa shape index (κ2) is 6.55. The summed E-state index contributed by atoms with van der Waals surface area (Å²) in [5.74, 6) is -1.60. The van der Waals surface area contributed by atoms with E-state index in [2.05, 4.69) is 0 Å². The molecule has 0 aliphatic rings. The highest BCUT2D eigenvalue weighted by molar-refractivity contribution is 5.99. The summed E-state index contributed by atoms with van der Waals surface area (Å²) in [4.78, 5) is 22.8. The first kappa shape index (κ1) is 15.8. The van der Waals surface area contributed by atoms with Crippen LogP contribution in [0.1, 0.15) is 34.6 Å². The second-order valence-electron chi connectivity index (χ2n) is 5.12. The minimum atomic E-state index is -0.844. The Kier molecular flexibility index (Phi) is 6.10. The van der Waals surface area contributed by atoms with Crippen molar-refractivity contribution in [1.29, 1.82) is 0 Å². The molecule has 0 radical (unpaired) electrons. The molecule has 98 valence electrons. The van der Waals surface area contributed by atoms with Crippen LogP contribution in [0.3, 0.4) is 0 Å². The first-order valence-corrected chi connectivity index (χ1v) is 5.81. The lowest BCUT2D eigenvalue weighted by Gasteiger charge is -2.24. The Balaban J connectivity index is 4.72. The molecule has 2 atom stereocenters. The van der Waals surface area contributed by atoms with Crippen molar-refractivity contribution in [2.24, 2.45) is 17.1 Å². The molecule has 0 rings (SSSR count). The number of Topliss-reactive ketones (excluding diaryl/α,β-unsaturated/α-hetero) is 1. The third-order valence-corrected chi connectivity index (χ3v) is 2.49. The maximum atomic E-state index is 11.5. The lowest BCUT2D eigenvalue weighted by atomic mass is 9.86. The molecule has 0 aliphatic carbocycles. The molecule has 0 aliphatic heterocycles. The maximum absolute atomic E-state index is 11.5. The van der Waals surface area contributed by atoms with Crippen molar-refractivity contribution in [1.82, 2.24) is 0 Å². The van der Waals surface area contributed by atoms with Crippen molar-refractivity contribution < 1.29 is 14.3 Å². The molecule has 0 saturated heterocycles. The van der Waals surface area contributed by atoms with E-state index in [1.54, 1.807) is 13.0 Å². The van der Waals surface area contributed by atoms with E-state index in [0.29, 0.717) is 0 Å². The van der Waals surface area contributed by atoms with Gasteiger partial charge in [-0.15, -0.1) is 0 Å². The first-order chi connectivity index (χ1) is 7.70. The van der Waals surface area contributed by atoms with Gasteiger partial charge in [-0.25, -0.2) is 0 Å². The van der Waals surface area contributed by atoms with Crippen LogP contribution in [0, 0.1) is 11.3 Å². The molecule has 0 fully saturated rings. The van der Waals surface area contributed by atoms with E-state index in [-0.39, 0.29) is 23.8 Å². The van der Waals surface area contributed by atoms with Gasteiger partial charge in [-0.3, -0.25) is 9.59 Å². The van der Waals surface area contributed by atoms with Gasteiger partial charge in [0.05, 0.1) is 6.61 Å². The van der Waals surface area contributed by atoms with E-state index in [0.717, 1.165) is 0 Å². The smallest absolute Gasteiger partial charge is 0.320 e. The predicted octanol–water partition coefficient (Wildman–Crippen LogP) is 1.68. The fourth-order valence-corrected chi connectivity index (χ4v) is 1.13. The van der Waals surface area contributed by atoms with Gasteiger partial charge in [0, 0.05) is 6.04 Å². The largest absolute Gasteiger partial charge is 0.465 e. The highest BCUT2D eigenvalue weighted by Crippen LogP contribution is 2.19. The highest BCUT2D eigenvalue weighted by atomic mass is 16.5. The van der Waals surface area contributed by atoms with Crippen molar-refractivity contribution in [3.63, 3.8) is 0 Å². The van der Waals surface area contributed by atoms with E-state index >= 15 is 0 Å². The number of ether oxygens (including phenoxy) is 1. The van der Waals surface area contributed by atoms with Crippen LogP contribution in [0.2, 0.25) is 0 Å². The van der Waals surface area contributed by atoms with Gasteiger partial charge in [0.25, 0.3) is 0 Å². The Labute approximate surface area is 103 Å². The third-order valence-electron chi connectivity index (χ3n) is 2.49. The maximum Gasteiger partial charge on any atom is 0.320 e. The van der Waals surface area contributed by atoms with Crippen LogP contribution >= 0.6 is 0 Å². The van der Waals surface area contributed by atoms with Crippen molar-refractivity contribution in [2.45, 2.75) is 40.7 Å². The first-order valence-electron chi connectivity index (χ1n) is 5.81. The van der Waals surface area contributed by atoms with Crippen LogP contribution in [0.5, 0.6) is 0 Å². The monoisotopic (exact) mass is 241 g/mol. The summed E-state index contributed by atoms with van der Waals surface area (Å²) in [6, 6.07) is -0.209. The summed E-state index contributed by atoms with van der Waals surface area (Å²) in [5, 5.41) is 0. The summed E-state index contributed by atoms with van der Waals surface area (Å²) in [7, 11) is 0. The standard InChI is InChI=1S/C13H23NO3/c1-6-17-12(16)10(9(2)15)7-8-11(14)13(3,4)5/h7-8,10-11H,6,14H2,1-5H3. The lowest BCUT2D eigenvalue weighted by Crippen LogP contribution is -2.33. The zero-order chi connectivity index (χ0) is 13.6. The fourth-order valence-electron chi connectivity index (χ4n) is 1.13. The van der Waals surface area contributed by atoms with Gasteiger partial charge in [-0.05, 0) is 19.3 Å². The number of ketones is 1. The average molecular weight is 241 g/mol. The number of hydrogen-bond acceptors (Lipinski definition) is 4. The minimum Gasteiger partial charge on any atom is -0.465 e. The second-order valence-corrected chi connectivity index (χ2v) is 5.12. The third kappa shape index (κ3) is 5.63. The summed E-state index contributed by atoms with van der Waals surface area (Å²) in [6.07, 6.45) is 3.24. The molecule has 0 amide bonds. The van der Waals surface area contributed by atoms with Crippen LogP contribution in [0.4, 0.5) is 0 Å². The zero-order valence-electron chi connectivity index (χ0n) is 11.3. The summed E-state index contributed by atoms with van der Waals surface area (Å²) < 4.78 is 4.83. The Morgan fingerprint density at radius 3 is 2.18 bits per heavy atom. The highest BCUT2D eigenvalue weighted by Gasteiger charge is 2.23. The Morgan fingerprint density at radius 1 is 1.29 bits per heavy atom. The van der Waals surface area contributed by atoms with Crippen LogP contribution < -0.4 is 5.73 Å². The number of carbonyl (C=O) groups excluding carboxylic acids is 2. The Morgan fingerprint density at radius 2 is 1.82 bits per heavy atom. The van der Waals surface area contributed by atoms with Gasteiger partial charge < -0.3 is 10.5 Å².